The third-order valence-corrected chi connectivity index (χ3v) is 4.48. The zero-order chi connectivity index (χ0) is 15.4. The van der Waals surface area contributed by atoms with Gasteiger partial charge >= 0.3 is 0 Å². The second-order valence-corrected chi connectivity index (χ2v) is 6.06. The predicted octanol–water partition coefficient (Wildman–Crippen LogP) is 3.19. The molecule has 1 heterocycles. The summed E-state index contributed by atoms with van der Waals surface area (Å²) < 4.78 is 0. The van der Waals surface area contributed by atoms with Crippen molar-refractivity contribution in [1.29, 1.82) is 0 Å². The first-order chi connectivity index (χ1) is 10.7. The predicted molar refractivity (Wildman–Crippen MR) is 94.7 cm³/mol. The van der Waals surface area contributed by atoms with Crippen LogP contribution in [0.1, 0.15) is 37.2 Å². The lowest BCUT2D eigenvalue weighted by atomic mass is 9.83. The van der Waals surface area contributed by atoms with Gasteiger partial charge in [0.25, 0.3) is 0 Å². The minimum atomic E-state index is -0.00436. The lowest BCUT2D eigenvalue weighted by Gasteiger charge is -2.23. The highest BCUT2D eigenvalue weighted by molar-refractivity contribution is 6.14. The molecule has 4 nitrogen and oxygen atoms in total. The fourth-order valence-electron chi connectivity index (χ4n) is 3.15. The number of aliphatic hydroxyl groups excluding tert-OH is 1. The van der Waals surface area contributed by atoms with E-state index in [0.717, 1.165) is 31.5 Å². The number of ketones is 1. The van der Waals surface area contributed by atoms with E-state index in [2.05, 4.69) is 10.3 Å². The second-order valence-electron chi connectivity index (χ2n) is 6.06. The van der Waals surface area contributed by atoms with Crippen molar-refractivity contribution in [1.82, 2.24) is 5.32 Å². The van der Waals surface area contributed by atoms with Crippen LogP contribution in [0.3, 0.4) is 0 Å². The van der Waals surface area contributed by atoms with Crippen LogP contribution >= 0.6 is 12.4 Å². The van der Waals surface area contributed by atoms with E-state index in [9.17, 15) is 9.90 Å². The average molecular weight is 335 g/mol. The molecule has 1 aliphatic carbocycles. The van der Waals surface area contributed by atoms with Crippen LogP contribution in [0.4, 0.5) is 0 Å². The zero-order valence-electron chi connectivity index (χ0n) is 13.1. The van der Waals surface area contributed by atoms with Crippen molar-refractivity contribution in [2.45, 2.75) is 37.6 Å². The summed E-state index contributed by atoms with van der Waals surface area (Å²) in [5.74, 6) is 0.253. The van der Waals surface area contributed by atoms with Crippen molar-refractivity contribution in [2.24, 2.45) is 4.99 Å². The molecule has 5 heteroatoms. The second kappa shape index (κ2) is 8.27. The van der Waals surface area contributed by atoms with Crippen LogP contribution in [-0.4, -0.2) is 36.2 Å². The molecule has 0 spiro atoms. The van der Waals surface area contributed by atoms with Gasteiger partial charge < -0.3 is 10.4 Å². The first-order valence-corrected chi connectivity index (χ1v) is 7.98. The Balaban J connectivity index is 0.00000192. The van der Waals surface area contributed by atoms with Crippen LogP contribution in [0.5, 0.6) is 0 Å². The Labute approximate surface area is 143 Å². The summed E-state index contributed by atoms with van der Waals surface area (Å²) in [6.07, 6.45) is 4.55. The van der Waals surface area contributed by atoms with Crippen molar-refractivity contribution in [3.8, 4) is 0 Å². The highest BCUT2D eigenvalue weighted by Crippen LogP contribution is 2.32. The first-order valence-electron chi connectivity index (χ1n) is 7.98. The molecule has 124 valence electrons. The van der Waals surface area contributed by atoms with E-state index in [0.29, 0.717) is 18.4 Å². The topological polar surface area (TPSA) is 61.7 Å². The molecule has 2 aliphatic rings. The van der Waals surface area contributed by atoms with E-state index in [-0.39, 0.29) is 35.9 Å². The maximum absolute atomic E-state index is 12.3. The van der Waals surface area contributed by atoms with Gasteiger partial charge in [0.15, 0.2) is 5.78 Å². The number of benzene rings is 1. The molecule has 23 heavy (non-hydrogen) atoms. The molecule has 1 atom stereocenters. The highest BCUT2D eigenvalue weighted by Gasteiger charge is 2.27. The quantitative estimate of drug-likeness (QED) is 0.834. The molecule has 0 aromatic heterocycles. The Morgan fingerprint density at radius 2 is 1.83 bits per heavy atom. The summed E-state index contributed by atoms with van der Waals surface area (Å²) >= 11 is 0. The minimum Gasteiger partial charge on any atom is -0.511 e. The number of aliphatic hydroxyl groups is 1. The number of hydrogen-bond donors (Lipinski definition) is 2. The number of carbonyl (C=O) groups is 1. The van der Waals surface area contributed by atoms with E-state index in [1.807, 2.05) is 30.3 Å². The normalized spacial score (nSPS) is 23.1. The summed E-state index contributed by atoms with van der Waals surface area (Å²) in [5, 5.41) is 13.5. The van der Waals surface area contributed by atoms with E-state index in [1.54, 1.807) is 6.21 Å². The molecule has 0 radical (unpaired) electrons. The van der Waals surface area contributed by atoms with Gasteiger partial charge in [0.1, 0.15) is 5.76 Å². The van der Waals surface area contributed by atoms with Gasteiger partial charge in [-0.05, 0) is 37.4 Å². The molecule has 1 aromatic rings. The highest BCUT2D eigenvalue weighted by atomic mass is 35.5. The maximum Gasteiger partial charge on any atom is 0.168 e. The Morgan fingerprint density at radius 1 is 1.13 bits per heavy atom. The molecule has 3 rings (SSSR count). The molecule has 0 bridgehead atoms. The Bertz CT molecular complexity index is 592. The van der Waals surface area contributed by atoms with E-state index >= 15 is 0 Å². The summed E-state index contributed by atoms with van der Waals surface area (Å²) in [7, 11) is 0. The molecule has 1 aliphatic heterocycles. The van der Waals surface area contributed by atoms with Crippen molar-refractivity contribution < 1.29 is 9.90 Å². The van der Waals surface area contributed by atoms with Crippen LogP contribution < -0.4 is 5.32 Å². The number of Topliss-reactive ketones (excluding diaryl/α,β-unsaturated/α-hetero) is 1. The molecular formula is C18H23ClN2O2. The number of piperidine rings is 1. The summed E-state index contributed by atoms with van der Waals surface area (Å²) in [4.78, 5) is 16.8. The van der Waals surface area contributed by atoms with Gasteiger partial charge in [0.2, 0.25) is 0 Å². The number of hydrogen-bond acceptors (Lipinski definition) is 4. The lowest BCUT2D eigenvalue weighted by molar-refractivity contribution is -0.116. The standard InChI is InChI=1S/C18H22N2O2.ClH/c21-17-10-14(13-4-2-1-3-5-13)11-18(22)16(17)12-20-15-6-8-19-9-7-15;/h1-5,12,14-15,19,21H,6-11H2;1H. The SMILES string of the molecule is Cl.O=C1CC(c2ccccc2)CC(O)=C1C=NC1CCNCC1. The molecular weight excluding hydrogens is 312 g/mol. The van der Waals surface area contributed by atoms with Gasteiger partial charge in [-0.2, -0.15) is 0 Å². The number of aliphatic imine (C=N–C) groups is 1. The monoisotopic (exact) mass is 334 g/mol. The zero-order valence-corrected chi connectivity index (χ0v) is 13.9. The minimum absolute atomic E-state index is 0. The fraction of sp³-hybridized carbons (Fsp3) is 0.444. The lowest BCUT2D eigenvalue weighted by Crippen LogP contribution is -2.30. The Kier molecular flexibility index (Phi) is 6.37. The molecule has 1 unspecified atom stereocenters. The van der Waals surface area contributed by atoms with Crippen LogP contribution in [-0.2, 0) is 4.79 Å². The Morgan fingerprint density at radius 3 is 2.48 bits per heavy atom. The molecule has 0 amide bonds. The van der Waals surface area contributed by atoms with Crippen molar-refractivity contribution in [3.05, 3.63) is 47.2 Å². The van der Waals surface area contributed by atoms with E-state index in [1.165, 1.54) is 0 Å². The number of allylic oxidation sites excluding steroid dienone is 2. The number of halogens is 1. The summed E-state index contributed by atoms with van der Waals surface area (Å²) in [6, 6.07) is 10.2. The van der Waals surface area contributed by atoms with Gasteiger partial charge in [-0.15, -0.1) is 12.4 Å². The van der Waals surface area contributed by atoms with Crippen molar-refractivity contribution in [3.63, 3.8) is 0 Å². The fourth-order valence-corrected chi connectivity index (χ4v) is 3.15. The molecule has 1 aromatic carbocycles. The third kappa shape index (κ3) is 4.43. The number of nitrogens with one attached hydrogen (secondary N) is 1. The first kappa shape index (κ1) is 17.7. The summed E-state index contributed by atoms with van der Waals surface area (Å²) in [6.45, 7) is 1.94. The van der Waals surface area contributed by atoms with Gasteiger partial charge in [0, 0.05) is 19.1 Å². The van der Waals surface area contributed by atoms with Gasteiger partial charge in [-0.25, -0.2) is 0 Å². The van der Waals surface area contributed by atoms with Gasteiger partial charge in [0.05, 0.1) is 11.6 Å². The van der Waals surface area contributed by atoms with E-state index < -0.39 is 0 Å². The molecule has 1 fully saturated rings. The van der Waals surface area contributed by atoms with Crippen molar-refractivity contribution in [2.75, 3.05) is 13.1 Å². The van der Waals surface area contributed by atoms with Crippen molar-refractivity contribution >= 4 is 24.4 Å². The maximum atomic E-state index is 12.3. The average Bonchev–Trinajstić information content (AvgIpc) is 2.56. The molecule has 2 N–H and O–H groups in total. The smallest absolute Gasteiger partial charge is 0.168 e. The van der Waals surface area contributed by atoms with Crippen LogP contribution in [0.2, 0.25) is 0 Å². The number of nitrogens with zero attached hydrogens (tertiary/aromatic N) is 1. The van der Waals surface area contributed by atoms with Gasteiger partial charge in [-0.3, -0.25) is 9.79 Å². The van der Waals surface area contributed by atoms with Crippen LogP contribution in [0.25, 0.3) is 0 Å². The number of rotatable bonds is 3. The summed E-state index contributed by atoms with van der Waals surface area (Å²) in [5.41, 5.74) is 1.52. The molecule has 0 saturated carbocycles. The largest absolute Gasteiger partial charge is 0.511 e. The Hall–Kier alpha value is -1.65. The molecule has 1 saturated heterocycles. The van der Waals surface area contributed by atoms with Crippen LogP contribution in [0, 0.1) is 0 Å². The van der Waals surface area contributed by atoms with Gasteiger partial charge in [-0.1, -0.05) is 30.3 Å². The van der Waals surface area contributed by atoms with Crippen LogP contribution in [0.15, 0.2) is 46.7 Å². The number of carbonyl (C=O) groups excluding carboxylic acids is 1. The third-order valence-electron chi connectivity index (χ3n) is 4.48. The van der Waals surface area contributed by atoms with E-state index in [4.69, 9.17) is 0 Å².